The van der Waals surface area contributed by atoms with Crippen LogP contribution in [0.4, 0.5) is 5.95 Å². The normalized spacial score (nSPS) is 15.4. The molecule has 0 spiro atoms. The van der Waals surface area contributed by atoms with Crippen molar-refractivity contribution in [3.8, 4) is 28.6 Å². The summed E-state index contributed by atoms with van der Waals surface area (Å²) in [5, 5.41) is 17.5. The summed E-state index contributed by atoms with van der Waals surface area (Å²) in [7, 11) is 3.11. The van der Waals surface area contributed by atoms with Crippen LogP contribution in [-0.4, -0.2) is 40.0 Å². The molecule has 9 heteroatoms. The van der Waals surface area contributed by atoms with Crippen LogP contribution in [0.5, 0.6) is 17.2 Å². The zero-order valence-corrected chi connectivity index (χ0v) is 16.7. The smallest absolute Gasteiger partial charge is 0.248 e. The molecular weight excluding hydrogens is 386 g/mol. The van der Waals surface area contributed by atoms with Crippen LogP contribution in [0.1, 0.15) is 18.5 Å². The molecule has 1 atom stereocenters. The Morgan fingerprint density at radius 1 is 1.20 bits per heavy atom. The maximum Gasteiger partial charge on any atom is 0.248 e. The fraction of sp³-hybridized carbons (Fsp3) is 0.190. The van der Waals surface area contributed by atoms with Crippen LogP contribution in [0.25, 0.3) is 11.4 Å². The van der Waals surface area contributed by atoms with Gasteiger partial charge >= 0.3 is 0 Å². The van der Waals surface area contributed by atoms with E-state index in [0.29, 0.717) is 45.7 Å². The van der Waals surface area contributed by atoms with Crippen molar-refractivity contribution in [3.05, 3.63) is 59.3 Å². The Morgan fingerprint density at radius 3 is 2.67 bits per heavy atom. The van der Waals surface area contributed by atoms with Crippen molar-refractivity contribution < 1.29 is 19.4 Å². The van der Waals surface area contributed by atoms with Crippen molar-refractivity contribution in [2.24, 2.45) is 5.73 Å². The third kappa shape index (κ3) is 3.20. The predicted octanol–water partition coefficient (Wildman–Crippen LogP) is 2.44. The summed E-state index contributed by atoms with van der Waals surface area (Å²) >= 11 is 0. The number of benzene rings is 2. The second kappa shape index (κ2) is 7.43. The van der Waals surface area contributed by atoms with Crippen molar-refractivity contribution in [1.82, 2.24) is 14.8 Å². The Kier molecular flexibility index (Phi) is 4.78. The van der Waals surface area contributed by atoms with Gasteiger partial charge < -0.3 is 25.6 Å². The number of fused-ring (bicyclic) bond motifs is 1. The Labute approximate surface area is 172 Å². The van der Waals surface area contributed by atoms with E-state index < -0.39 is 11.9 Å². The lowest BCUT2D eigenvalue weighted by molar-refractivity contribution is -0.115. The molecule has 154 valence electrons. The Morgan fingerprint density at radius 2 is 2.00 bits per heavy atom. The average molecular weight is 407 g/mol. The summed E-state index contributed by atoms with van der Waals surface area (Å²) in [6.45, 7) is 1.76. The first-order valence-corrected chi connectivity index (χ1v) is 9.18. The maximum absolute atomic E-state index is 12.4. The van der Waals surface area contributed by atoms with E-state index in [4.69, 9.17) is 15.2 Å². The van der Waals surface area contributed by atoms with Gasteiger partial charge in [0.2, 0.25) is 11.9 Å². The molecule has 0 saturated heterocycles. The number of phenolic OH excluding ortho intramolecular Hbond substituents is 1. The second-order valence-electron chi connectivity index (χ2n) is 6.79. The summed E-state index contributed by atoms with van der Waals surface area (Å²) in [4.78, 5) is 16.9. The van der Waals surface area contributed by atoms with Crippen LogP contribution in [0.15, 0.2) is 53.7 Å². The second-order valence-corrected chi connectivity index (χ2v) is 6.79. The molecule has 0 bridgehead atoms. The van der Waals surface area contributed by atoms with E-state index in [-0.39, 0.29) is 5.75 Å². The fourth-order valence-electron chi connectivity index (χ4n) is 3.57. The molecule has 2 aromatic carbocycles. The minimum atomic E-state index is -0.654. The number of hydrogen-bond donors (Lipinski definition) is 3. The molecule has 1 aliphatic rings. The molecule has 4 N–H and O–H groups in total. The minimum Gasteiger partial charge on any atom is -0.508 e. The van der Waals surface area contributed by atoms with Gasteiger partial charge in [0, 0.05) is 22.9 Å². The number of phenols is 1. The number of aromatic nitrogens is 3. The zero-order valence-electron chi connectivity index (χ0n) is 16.7. The number of aromatic hydroxyl groups is 1. The highest BCUT2D eigenvalue weighted by Crippen LogP contribution is 2.40. The van der Waals surface area contributed by atoms with E-state index in [9.17, 15) is 9.90 Å². The van der Waals surface area contributed by atoms with E-state index in [1.807, 2.05) is 6.07 Å². The van der Waals surface area contributed by atoms with Gasteiger partial charge in [-0.05, 0) is 31.2 Å². The molecule has 1 amide bonds. The molecule has 1 unspecified atom stereocenters. The highest BCUT2D eigenvalue weighted by molar-refractivity contribution is 5.95. The highest BCUT2D eigenvalue weighted by atomic mass is 16.5. The highest BCUT2D eigenvalue weighted by Gasteiger charge is 2.35. The first-order chi connectivity index (χ1) is 14.4. The summed E-state index contributed by atoms with van der Waals surface area (Å²) in [5.41, 5.74) is 7.97. The van der Waals surface area contributed by atoms with Crippen LogP contribution in [0.3, 0.4) is 0 Å². The number of amides is 1. The quantitative estimate of drug-likeness (QED) is 0.593. The molecule has 4 rings (SSSR count). The molecular formula is C21H21N5O4. The molecule has 0 saturated carbocycles. The van der Waals surface area contributed by atoms with Crippen molar-refractivity contribution in [1.29, 1.82) is 0 Å². The van der Waals surface area contributed by atoms with Crippen LogP contribution in [-0.2, 0) is 4.79 Å². The van der Waals surface area contributed by atoms with Gasteiger partial charge in [-0.3, -0.25) is 4.79 Å². The third-order valence-corrected chi connectivity index (χ3v) is 4.96. The Bertz CT molecular complexity index is 1170. The molecule has 0 aliphatic carbocycles. The molecule has 3 aromatic rings. The first-order valence-electron chi connectivity index (χ1n) is 9.18. The Hall–Kier alpha value is -4.01. The van der Waals surface area contributed by atoms with Gasteiger partial charge in [-0.15, -0.1) is 5.10 Å². The number of hydrogen-bond acceptors (Lipinski definition) is 7. The SMILES string of the molecule is COc1ccc(C2C(C(N)=O)=C(C)Nc3nc(-c4cccc(O)c4)nn32)c(OC)c1. The number of primary amides is 1. The summed E-state index contributed by atoms with van der Waals surface area (Å²) in [6, 6.07) is 11.3. The first kappa shape index (κ1) is 19.3. The monoisotopic (exact) mass is 407 g/mol. The molecule has 1 aliphatic heterocycles. The maximum atomic E-state index is 12.4. The van der Waals surface area contributed by atoms with Crippen LogP contribution in [0, 0.1) is 0 Å². The molecule has 2 heterocycles. The molecule has 9 nitrogen and oxygen atoms in total. The van der Waals surface area contributed by atoms with Crippen molar-refractivity contribution in [2.45, 2.75) is 13.0 Å². The van der Waals surface area contributed by atoms with Gasteiger partial charge in [-0.2, -0.15) is 4.98 Å². The van der Waals surface area contributed by atoms with E-state index in [2.05, 4.69) is 15.4 Å². The van der Waals surface area contributed by atoms with Crippen LogP contribution >= 0.6 is 0 Å². The minimum absolute atomic E-state index is 0.105. The number of allylic oxidation sites excluding steroid dienone is 1. The van der Waals surface area contributed by atoms with E-state index in [1.165, 1.54) is 0 Å². The van der Waals surface area contributed by atoms with Crippen molar-refractivity contribution in [2.75, 3.05) is 19.5 Å². The lowest BCUT2D eigenvalue weighted by Gasteiger charge is -2.28. The van der Waals surface area contributed by atoms with Gasteiger partial charge in [0.05, 0.1) is 19.8 Å². The predicted molar refractivity (Wildman–Crippen MR) is 110 cm³/mol. The topological polar surface area (TPSA) is 125 Å². The summed E-state index contributed by atoms with van der Waals surface area (Å²) in [5.74, 6) is 1.50. The summed E-state index contributed by atoms with van der Waals surface area (Å²) < 4.78 is 12.4. The number of nitrogens with zero attached hydrogens (tertiary/aromatic N) is 3. The van der Waals surface area contributed by atoms with Gasteiger partial charge in [0.25, 0.3) is 0 Å². The Balaban J connectivity index is 1.92. The number of methoxy groups -OCH3 is 2. The number of rotatable bonds is 5. The number of carbonyl (C=O) groups excluding carboxylic acids is 1. The number of ether oxygens (including phenoxy) is 2. The van der Waals surface area contributed by atoms with Gasteiger partial charge in [-0.25, -0.2) is 4.68 Å². The van der Waals surface area contributed by atoms with Crippen LogP contribution < -0.4 is 20.5 Å². The van der Waals surface area contributed by atoms with Crippen LogP contribution in [0.2, 0.25) is 0 Å². The van der Waals surface area contributed by atoms with Gasteiger partial charge in [0.15, 0.2) is 5.82 Å². The van der Waals surface area contributed by atoms with Gasteiger partial charge in [-0.1, -0.05) is 12.1 Å². The number of carbonyl (C=O) groups is 1. The molecule has 0 radical (unpaired) electrons. The van der Waals surface area contributed by atoms with Crippen molar-refractivity contribution in [3.63, 3.8) is 0 Å². The summed E-state index contributed by atoms with van der Waals surface area (Å²) in [6.07, 6.45) is 0. The average Bonchev–Trinajstić information content (AvgIpc) is 3.15. The lowest BCUT2D eigenvalue weighted by Crippen LogP contribution is -2.32. The lowest BCUT2D eigenvalue weighted by atomic mass is 9.94. The fourth-order valence-corrected chi connectivity index (χ4v) is 3.57. The number of nitrogens with two attached hydrogens (primary N) is 1. The molecule has 30 heavy (non-hydrogen) atoms. The van der Waals surface area contributed by atoms with E-state index in [0.717, 1.165) is 0 Å². The molecule has 1 aromatic heterocycles. The largest absolute Gasteiger partial charge is 0.508 e. The third-order valence-electron chi connectivity index (χ3n) is 4.96. The van der Waals surface area contributed by atoms with Crippen molar-refractivity contribution >= 4 is 11.9 Å². The number of nitrogens with one attached hydrogen (secondary N) is 1. The van der Waals surface area contributed by atoms with E-state index >= 15 is 0 Å². The number of anilines is 1. The van der Waals surface area contributed by atoms with E-state index in [1.54, 1.807) is 62.2 Å². The zero-order chi connectivity index (χ0) is 21.4. The molecule has 0 fully saturated rings. The standard InChI is InChI=1S/C21H21N5O4/c1-11-17(19(22)28)18(15-8-7-14(29-2)10-16(15)30-3)26-21(23-11)24-20(25-26)12-5-4-6-13(27)9-12/h4-10,18,27H,1-3H3,(H2,22,28)(H,23,24,25). The van der Waals surface area contributed by atoms with Gasteiger partial charge in [0.1, 0.15) is 23.3 Å².